The minimum Gasteiger partial charge on any atom is -0.466 e. The third-order valence-corrected chi connectivity index (χ3v) is 3.20. The monoisotopic (exact) mass is 288 g/mol. The Bertz CT molecular complexity index is 615. The van der Waals surface area contributed by atoms with Crippen molar-refractivity contribution in [1.82, 2.24) is 0 Å². The van der Waals surface area contributed by atoms with Crippen molar-refractivity contribution in [3.8, 4) is 0 Å². The van der Waals surface area contributed by atoms with E-state index in [4.69, 9.17) is 4.74 Å². The molecule has 0 fully saturated rings. The van der Waals surface area contributed by atoms with Gasteiger partial charge >= 0.3 is 5.97 Å². The molecule has 0 heterocycles. The summed E-state index contributed by atoms with van der Waals surface area (Å²) in [4.78, 5) is 35.5. The number of fused-ring (bicyclic) bond motifs is 1. The highest BCUT2D eigenvalue weighted by Crippen LogP contribution is 2.24. The van der Waals surface area contributed by atoms with Crippen molar-refractivity contribution < 1.29 is 24.2 Å². The van der Waals surface area contributed by atoms with Gasteiger partial charge in [0.25, 0.3) is 0 Å². The molecule has 0 bridgehead atoms. The van der Waals surface area contributed by atoms with Crippen LogP contribution in [0, 0.1) is 0 Å². The minimum absolute atomic E-state index is 0.0439. The van der Waals surface area contributed by atoms with E-state index in [0.29, 0.717) is 11.1 Å². The lowest BCUT2D eigenvalue weighted by Crippen LogP contribution is -2.22. The molecule has 1 aliphatic carbocycles. The molecule has 1 N–H and O–H groups in total. The second-order valence-corrected chi connectivity index (χ2v) is 4.78. The molecule has 0 aliphatic heterocycles. The fraction of sp³-hybridized carbons (Fsp3) is 0.312. The number of carbonyl (C=O) groups excluding carboxylic acids is 3. The highest BCUT2D eigenvalue weighted by atomic mass is 16.5. The first-order chi connectivity index (χ1) is 10.0. The molecule has 5 nitrogen and oxygen atoms in total. The molecule has 5 heteroatoms. The van der Waals surface area contributed by atoms with E-state index < -0.39 is 12.1 Å². The van der Waals surface area contributed by atoms with Crippen LogP contribution in [0.4, 0.5) is 0 Å². The molecule has 1 aromatic rings. The number of allylic oxidation sites excluding steroid dienone is 1. The standard InChI is InChI=1S/C16H16O5/c1-2-21-15(19)9-11(17)7-10-8-14(18)12-5-3-4-6-13(12)16(10)20/h3-6,8,11,17H,2,7,9H2,1H3. The molecule has 1 unspecified atom stereocenters. The number of aliphatic hydroxyl groups excluding tert-OH is 1. The van der Waals surface area contributed by atoms with Gasteiger partial charge in [0.2, 0.25) is 0 Å². The molecule has 0 amide bonds. The summed E-state index contributed by atoms with van der Waals surface area (Å²) in [7, 11) is 0. The lowest BCUT2D eigenvalue weighted by molar-refractivity contribution is -0.145. The number of ketones is 2. The van der Waals surface area contributed by atoms with Gasteiger partial charge in [0.15, 0.2) is 11.6 Å². The Labute approximate surface area is 122 Å². The van der Waals surface area contributed by atoms with Gasteiger partial charge in [0, 0.05) is 23.1 Å². The van der Waals surface area contributed by atoms with Crippen LogP contribution >= 0.6 is 0 Å². The van der Waals surface area contributed by atoms with Gasteiger partial charge in [-0.3, -0.25) is 14.4 Å². The molecule has 1 atom stereocenters. The molecule has 0 saturated heterocycles. The molecule has 0 aromatic heterocycles. The number of benzene rings is 1. The average molecular weight is 288 g/mol. The van der Waals surface area contributed by atoms with Crippen molar-refractivity contribution in [2.24, 2.45) is 0 Å². The molecule has 110 valence electrons. The Balaban J connectivity index is 2.10. The van der Waals surface area contributed by atoms with Gasteiger partial charge in [-0.2, -0.15) is 0 Å². The van der Waals surface area contributed by atoms with Crippen molar-refractivity contribution in [3.05, 3.63) is 47.0 Å². The summed E-state index contributed by atoms with van der Waals surface area (Å²) in [5.74, 6) is -1.07. The normalized spacial score (nSPS) is 15.2. The van der Waals surface area contributed by atoms with E-state index in [2.05, 4.69) is 0 Å². The van der Waals surface area contributed by atoms with E-state index in [1.54, 1.807) is 31.2 Å². The van der Waals surface area contributed by atoms with E-state index in [1.165, 1.54) is 6.08 Å². The SMILES string of the molecule is CCOC(=O)CC(O)CC1=CC(=O)c2ccccc2C1=O. The fourth-order valence-electron chi connectivity index (χ4n) is 2.26. The molecule has 1 aromatic carbocycles. The molecule has 0 spiro atoms. The van der Waals surface area contributed by atoms with E-state index in [9.17, 15) is 19.5 Å². The second-order valence-electron chi connectivity index (χ2n) is 4.78. The Hall–Kier alpha value is -2.27. The molecular formula is C16H16O5. The van der Waals surface area contributed by atoms with E-state index in [-0.39, 0.29) is 36.6 Å². The third-order valence-electron chi connectivity index (χ3n) is 3.20. The maximum Gasteiger partial charge on any atom is 0.308 e. The zero-order valence-corrected chi connectivity index (χ0v) is 11.7. The molecule has 1 aliphatic rings. The average Bonchev–Trinajstić information content (AvgIpc) is 2.44. The first-order valence-corrected chi connectivity index (χ1v) is 6.75. The van der Waals surface area contributed by atoms with Gasteiger partial charge in [-0.1, -0.05) is 24.3 Å². The Kier molecular flexibility index (Phi) is 4.65. The van der Waals surface area contributed by atoms with Crippen LogP contribution in [-0.4, -0.2) is 35.4 Å². The number of Topliss-reactive ketones (excluding diaryl/α,β-unsaturated/α-hetero) is 1. The largest absolute Gasteiger partial charge is 0.466 e. The van der Waals surface area contributed by atoms with Crippen molar-refractivity contribution in [1.29, 1.82) is 0 Å². The number of hydrogen-bond donors (Lipinski definition) is 1. The van der Waals surface area contributed by atoms with Gasteiger partial charge in [0.1, 0.15) is 0 Å². The van der Waals surface area contributed by atoms with E-state index in [1.807, 2.05) is 0 Å². The maximum absolute atomic E-state index is 12.3. The summed E-state index contributed by atoms with van der Waals surface area (Å²) < 4.78 is 4.74. The molecule has 2 rings (SSSR count). The lowest BCUT2D eigenvalue weighted by Gasteiger charge is -2.17. The minimum atomic E-state index is -1.04. The molecule has 21 heavy (non-hydrogen) atoms. The number of ether oxygens (including phenoxy) is 1. The summed E-state index contributed by atoms with van der Waals surface area (Å²) in [6.07, 6.45) is -0.0530. The summed E-state index contributed by atoms with van der Waals surface area (Å²) in [5.41, 5.74) is 0.921. The molecular weight excluding hydrogens is 272 g/mol. The maximum atomic E-state index is 12.3. The number of esters is 1. The third kappa shape index (κ3) is 3.44. The van der Waals surface area contributed by atoms with Crippen LogP contribution in [0.5, 0.6) is 0 Å². The van der Waals surface area contributed by atoms with Crippen LogP contribution in [-0.2, 0) is 9.53 Å². The summed E-state index contributed by atoms with van der Waals surface area (Å²) in [6.45, 7) is 1.91. The predicted molar refractivity (Wildman–Crippen MR) is 75.1 cm³/mol. The summed E-state index contributed by atoms with van der Waals surface area (Å²) in [6, 6.07) is 6.55. The van der Waals surface area contributed by atoms with Crippen molar-refractivity contribution in [2.45, 2.75) is 25.9 Å². The highest BCUT2D eigenvalue weighted by molar-refractivity contribution is 6.24. The van der Waals surface area contributed by atoms with Crippen LogP contribution in [0.25, 0.3) is 0 Å². The smallest absolute Gasteiger partial charge is 0.308 e. The summed E-state index contributed by atoms with van der Waals surface area (Å²) >= 11 is 0. The lowest BCUT2D eigenvalue weighted by atomic mass is 9.87. The van der Waals surface area contributed by atoms with Gasteiger partial charge in [-0.05, 0) is 13.0 Å². The second kappa shape index (κ2) is 6.45. The topological polar surface area (TPSA) is 80.7 Å². The van der Waals surface area contributed by atoms with Crippen molar-refractivity contribution in [2.75, 3.05) is 6.61 Å². The van der Waals surface area contributed by atoms with E-state index >= 15 is 0 Å². The van der Waals surface area contributed by atoms with E-state index in [0.717, 1.165) is 0 Å². The number of rotatable bonds is 5. The predicted octanol–water partition coefficient (Wildman–Crippen LogP) is 1.70. The van der Waals surface area contributed by atoms with Crippen LogP contribution in [0.1, 0.15) is 40.5 Å². The van der Waals surface area contributed by atoms with Gasteiger partial charge in [0.05, 0.1) is 19.1 Å². The number of carbonyl (C=O) groups is 3. The first-order valence-electron chi connectivity index (χ1n) is 6.75. The Morgan fingerprint density at radius 2 is 1.90 bits per heavy atom. The zero-order valence-electron chi connectivity index (χ0n) is 11.7. The summed E-state index contributed by atoms with van der Waals surface area (Å²) in [5, 5.41) is 9.85. The van der Waals surface area contributed by atoms with Gasteiger partial charge in [-0.15, -0.1) is 0 Å². The molecule has 0 saturated carbocycles. The van der Waals surface area contributed by atoms with Crippen LogP contribution in [0.2, 0.25) is 0 Å². The first kappa shape index (κ1) is 15.1. The quantitative estimate of drug-likeness (QED) is 0.834. The number of hydrogen-bond acceptors (Lipinski definition) is 5. The van der Waals surface area contributed by atoms with Crippen LogP contribution in [0.15, 0.2) is 35.9 Å². The highest BCUT2D eigenvalue weighted by Gasteiger charge is 2.27. The Morgan fingerprint density at radius 3 is 2.57 bits per heavy atom. The van der Waals surface area contributed by atoms with Crippen LogP contribution in [0.3, 0.4) is 0 Å². The molecule has 0 radical (unpaired) electrons. The zero-order chi connectivity index (χ0) is 15.4. The van der Waals surface area contributed by atoms with Crippen molar-refractivity contribution in [3.63, 3.8) is 0 Å². The Morgan fingerprint density at radius 1 is 1.24 bits per heavy atom. The van der Waals surface area contributed by atoms with Crippen LogP contribution < -0.4 is 0 Å². The van der Waals surface area contributed by atoms with Crippen molar-refractivity contribution >= 4 is 17.5 Å². The van der Waals surface area contributed by atoms with Gasteiger partial charge < -0.3 is 9.84 Å². The van der Waals surface area contributed by atoms with Gasteiger partial charge in [-0.25, -0.2) is 0 Å². The fourth-order valence-corrected chi connectivity index (χ4v) is 2.26. The number of aliphatic hydroxyl groups is 1.